The Balaban J connectivity index is 2.19. The second-order valence-electron chi connectivity index (χ2n) is 7.43. The van der Waals surface area contributed by atoms with Crippen LogP contribution in [-0.2, 0) is 26.2 Å². The lowest BCUT2D eigenvalue weighted by atomic mass is 10.1. The molecule has 2 aromatic rings. The van der Waals surface area contributed by atoms with Gasteiger partial charge in [0.15, 0.2) is 0 Å². The number of carbonyl (C=O) groups is 2. The number of amides is 2. The van der Waals surface area contributed by atoms with Gasteiger partial charge in [-0.25, -0.2) is 8.42 Å². The van der Waals surface area contributed by atoms with Crippen LogP contribution in [0.3, 0.4) is 0 Å². The van der Waals surface area contributed by atoms with Crippen molar-refractivity contribution >= 4 is 62.3 Å². The summed E-state index contributed by atoms with van der Waals surface area (Å²) in [5.41, 5.74) is 0.983. The molecule has 0 aliphatic heterocycles. The van der Waals surface area contributed by atoms with E-state index in [-0.39, 0.29) is 37.7 Å². The molecule has 0 fully saturated rings. The van der Waals surface area contributed by atoms with Gasteiger partial charge < -0.3 is 10.2 Å². The minimum Gasteiger partial charge on any atom is -0.357 e. The van der Waals surface area contributed by atoms with Gasteiger partial charge in [0, 0.05) is 47.2 Å². The van der Waals surface area contributed by atoms with E-state index in [1.54, 1.807) is 49.4 Å². The molecule has 0 aliphatic carbocycles. The number of halogens is 3. The number of nitrogens with zero attached hydrogens (tertiary/aromatic N) is 2. The fraction of sp³-hybridized carbons (Fsp3) is 0.364. The Bertz CT molecular complexity index is 1070. The van der Waals surface area contributed by atoms with E-state index in [0.29, 0.717) is 26.3 Å². The van der Waals surface area contributed by atoms with Crippen molar-refractivity contribution in [3.63, 3.8) is 0 Å². The summed E-state index contributed by atoms with van der Waals surface area (Å²) in [6.45, 7) is 1.73. The molecule has 1 atom stereocenters. The van der Waals surface area contributed by atoms with Gasteiger partial charge in [-0.15, -0.1) is 0 Å². The third-order valence-corrected chi connectivity index (χ3v) is 7.22. The second kappa shape index (κ2) is 11.9. The fourth-order valence-corrected chi connectivity index (χ4v) is 4.86. The molecular weight excluding hydrogens is 509 g/mol. The molecule has 0 aromatic heterocycles. The highest BCUT2D eigenvalue weighted by Crippen LogP contribution is 2.27. The van der Waals surface area contributed by atoms with E-state index >= 15 is 0 Å². The zero-order valence-electron chi connectivity index (χ0n) is 18.5. The number of rotatable bonds is 10. The molecule has 0 unspecified atom stereocenters. The topological polar surface area (TPSA) is 86.8 Å². The molecule has 2 amide bonds. The van der Waals surface area contributed by atoms with Crippen LogP contribution in [0.25, 0.3) is 0 Å². The molecule has 0 radical (unpaired) electrons. The largest absolute Gasteiger partial charge is 0.357 e. The Labute approximate surface area is 209 Å². The van der Waals surface area contributed by atoms with Crippen LogP contribution in [0, 0.1) is 0 Å². The number of carbonyl (C=O) groups excluding carboxylic acids is 2. The Morgan fingerprint density at radius 3 is 2.12 bits per heavy atom. The first-order valence-corrected chi connectivity index (χ1v) is 13.1. The summed E-state index contributed by atoms with van der Waals surface area (Å²) >= 11 is 18.4. The molecule has 33 heavy (non-hydrogen) atoms. The van der Waals surface area contributed by atoms with Crippen LogP contribution in [0.4, 0.5) is 5.69 Å². The Morgan fingerprint density at radius 1 is 1.03 bits per heavy atom. The van der Waals surface area contributed by atoms with Crippen molar-refractivity contribution in [2.75, 3.05) is 24.2 Å². The van der Waals surface area contributed by atoms with Crippen molar-refractivity contribution < 1.29 is 18.0 Å². The molecule has 0 heterocycles. The molecule has 0 bridgehead atoms. The fourth-order valence-electron chi connectivity index (χ4n) is 3.26. The number of hydrogen-bond donors (Lipinski definition) is 1. The normalized spacial score (nSPS) is 12.2. The number of benzene rings is 2. The lowest BCUT2D eigenvalue weighted by Crippen LogP contribution is -2.47. The molecule has 180 valence electrons. The Kier molecular flexibility index (Phi) is 9.84. The van der Waals surface area contributed by atoms with Crippen LogP contribution in [0.1, 0.15) is 25.3 Å². The van der Waals surface area contributed by atoms with Crippen LogP contribution < -0.4 is 9.62 Å². The first-order valence-electron chi connectivity index (χ1n) is 10.1. The summed E-state index contributed by atoms with van der Waals surface area (Å²) in [4.78, 5) is 26.8. The zero-order valence-corrected chi connectivity index (χ0v) is 21.6. The highest BCUT2D eigenvalue weighted by atomic mass is 35.5. The molecule has 0 aliphatic rings. The van der Waals surface area contributed by atoms with Gasteiger partial charge in [-0.1, -0.05) is 40.9 Å². The van der Waals surface area contributed by atoms with Crippen molar-refractivity contribution in [1.82, 2.24) is 10.2 Å². The number of sulfonamides is 1. The highest BCUT2D eigenvalue weighted by Gasteiger charge is 2.27. The van der Waals surface area contributed by atoms with E-state index in [9.17, 15) is 18.0 Å². The van der Waals surface area contributed by atoms with E-state index in [1.807, 2.05) is 0 Å². The predicted molar refractivity (Wildman–Crippen MR) is 133 cm³/mol. The van der Waals surface area contributed by atoms with E-state index in [1.165, 1.54) is 16.3 Å². The standard InChI is InChI=1S/C22H26Cl3N3O4S/c1-15(22(30)26-2)27(14-18-19(24)6-4-7-20(18)25)21(29)8-5-13-28(33(3,31)32)17-11-9-16(23)10-12-17/h4,6-7,9-12,15H,5,8,13-14H2,1-3H3,(H,26,30)/t15-/m0/s1. The SMILES string of the molecule is CNC(=O)[C@H](C)N(Cc1c(Cl)cccc1Cl)C(=O)CCCN(c1ccc(Cl)cc1)S(C)(=O)=O. The number of anilines is 1. The third-order valence-electron chi connectivity index (χ3n) is 5.07. The van der Waals surface area contributed by atoms with E-state index in [0.717, 1.165) is 6.26 Å². The smallest absolute Gasteiger partial charge is 0.242 e. The summed E-state index contributed by atoms with van der Waals surface area (Å²) < 4.78 is 25.8. The van der Waals surface area contributed by atoms with E-state index in [2.05, 4.69) is 5.32 Å². The zero-order chi connectivity index (χ0) is 24.8. The van der Waals surface area contributed by atoms with Crippen LogP contribution in [-0.4, -0.2) is 51.0 Å². The predicted octanol–water partition coefficient (Wildman–Crippen LogP) is 4.36. The van der Waals surface area contributed by atoms with Gasteiger partial charge in [-0.2, -0.15) is 0 Å². The quantitative estimate of drug-likeness (QED) is 0.491. The summed E-state index contributed by atoms with van der Waals surface area (Å²) in [6, 6.07) is 10.6. The molecule has 2 rings (SSSR count). The summed E-state index contributed by atoms with van der Waals surface area (Å²) in [5.74, 6) is -0.669. The molecule has 0 saturated carbocycles. The maximum atomic E-state index is 13.1. The molecule has 1 N–H and O–H groups in total. The number of nitrogens with one attached hydrogen (secondary N) is 1. The van der Waals surface area contributed by atoms with Crippen molar-refractivity contribution in [2.24, 2.45) is 0 Å². The van der Waals surface area contributed by atoms with Crippen LogP contribution in [0.2, 0.25) is 15.1 Å². The maximum Gasteiger partial charge on any atom is 0.242 e. The second-order valence-corrected chi connectivity index (χ2v) is 10.6. The summed E-state index contributed by atoms with van der Waals surface area (Å²) in [6.07, 6.45) is 1.35. The van der Waals surface area contributed by atoms with Crippen LogP contribution in [0.5, 0.6) is 0 Å². The van der Waals surface area contributed by atoms with Gasteiger partial charge in [0.1, 0.15) is 6.04 Å². The molecule has 0 saturated heterocycles. The molecule has 11 heteroatoms. The molecule has 7 nitrogen and oxygen atoms in total. The third kappa shape index (κ3) is 7.50. The first-order chi connectivity index (χ1) is 15.5. The Morgan fingerprint density at radius 2 is 1.61 bits per heavy atom. The van der Waals surface area contributed by atoms with Gasteiger partial charge in [0.05, 0.1) is 11.9 Å². The average molecular weight is 535 g/mol. The first kappa shape index (κ1) is 27.2. The Hall–Kier alpha value is -2.00. The lowest BCUT2D eigenvalue weighted by molar-refractivity contribution is -0.140. The highest BCUT2D eigenvalue weighted by molar-refractivity contribution is 7.92. The van der Waals surface area contributed by atoms with E-state index < -0.39 is 16.1 Å². The van der Waals surface area contributed by atoms with Crippen molar-refractivity contribution in [3.05, 3.63) is 63.1 Å². The average Bonchev–Trinajstić information content (AvgIpc) is 2.75. The number of likely N-dealkylation sites (N-methyl/N-ethyl adjacent to an activating group) is 1. The van der Waals surface area contributed by atoms with Gasteiger partial charge in [-0.3, -0.25) is 13.9 Å². The summed E-state index contributed by atoms with van der Waals surface area (Å²) in [5, 5.41) is 3.79. The van der Waals surface area contributed by atoms with Crippen LogP contribution in [0.15, 0.2) is 42.5 Å². The van der Waals surface area contributed by atoms with Gasteiger partial charge in [0.25, 0.3) is 0 Å². The molecular formula is C22H26Cl3N3O4S. The number of hydrogen-bond acceptors (Lipinski definition) is 4. The minimum absolute atomic E-state index is 0.0169. The maximum absolute atomic E-state index is 13.1. The van der Waals surface area contributed by atoms with E-state index in [4.69, 9.17) is 34.8 Å². The van der Waals surface area contributed by atoms with Gasteiger partial charge in [-0.05, 0) is 49.7 Å². The van der Waals surface area contributed by atoms with Crippen molar-refractivity contribution in [3.8, 4) is 0 Å². The lowest BCUT2D eigenvalue weighted by Gasteiger charge is -2.29. The van der Waals surface area contributed by atoms with Crippen molar-refractivity contribution in [2.45, 2.75) is 32.4 Å². The van der Waals surface area contributed by atoms with Gasteiger partial charge >= 0.3 is 0 Å². The minimum atomic E-state index is -3.58. The monoisotopic (exact) mass is 533 g/mol. The summed E-state index contributed by atoms with van der Waals surface area (Å²) in [7, 11) is -2.09. The van der Waals surface area contributed by atoms with Gasteiger partial charge in [0.2, 0.25) is 21.8 Å². The van der Waals surface area contributed by atoms with Crippen molar-refractivity contribution in [1.29, 1.82) is 0 Å². The molecule has 2 aromatic carbocycles. The van der Waals surface area contributed by atoms with Crippen LogP contribution >= 0.6 is 34.8 Å². The molecule has 0 spiro atoms.